The van der Waals surface area contributed by atoms with E-state index in [-0.39, 0.29) is 18.9 Å². The highest BCUT2D eigenvalue weighted by Crippen LogP contribution is 2.30. The Balaban J connectivity index is 1.70. The van der Waals surface area contributed by atoms with Crippen molar-refractivity contribution < 1.29 is 64.6 Å². The molecular formula is C69H125NO13. The van der Waals surface area contributed by atoms with Gasteiger partial charge in [-0.2, -0.15) is 0 Å². The zero-order valence-corrected chi connectivity index (χ0v) is 52.4. The smallest absolute Gasteiger partial charge is 0.220 e. The van der Waals surface area contributed by atoms with Gasteiger partial charge in [-0.1, -0.05) is 274 Å². The molecule has 0 aromatic heterocycles. The Morgan fingerprint density at radius 1 is 0.446 bits per heavy atom. The molecule has 12 atom stereocenters. The second kappa shape index (κ2) is 53.9. The highest BCUT2D eigenvalue weighted by atomic mass is 16.7. The van der Waals surface area contributed by atoms with E-state index < -0.39 is 86.8 Å². The molecule has 2 saturated heterocycles. The zero-order valence-electron chi connectivity index (χ0n) is 52.4. The van der Waals surface area contributed by atoms with Gasteiger partial charge in [0.05, 0.1) is 32.0 Å². The number of ether oxygens (including phenoxy) is 4. The van der Waals surface area contributed by atoms with E-state index in [9.17, 15) is 45.6 Å². The Hall–Kier alpha value is -2.31. The normalized spacial score (nSPS) is 24.2. The lowest BCUT2D eigenvalue weighted by Gasteiger charge is -2.46. The Morgan fingerprint density at radius 2 is 0.831 bits per heavy atom. The van der Waals surface area contributed by atoms with Crippen LogP contribution in [0.15, 0.2) is 60.8 Å². The summed E-state index contributed by atoms with van der Waals surface area (Å²) >= 11 is 0. The summed E-state index contributed by atoms with van der Waals surface area (Å²) in [7, 11) is 0. The van der Waals surface area contributed by atoms with Gasteiger partial charge in [-0.15, -0.1) is 0 Å². The second-order valence-corrected chi connectivity index (χ2v) is 23.9. The molecule has 2 heterocycles. The molecule has 2 aliphatic rings. The lowest BCUT2D eigenvalue weighted by molar-refractivity contribution is -0.359. The predicted octanol–water partition coefficient (Wildman–Crippen LogP) is 13.3. The summed E-state index contributed by atoms with van der Waals surface area (Å²) in [6, 6.07) is -0.840. The molecule has 1 amide bonds. The van der Waals surface area contributed by atoms with Gasteiger partial charge in [-0.25, -0.2) is 0 Å². The van der Waals surface area contributed by atoms with Crippen LogP contribution in [-0.2, 0) is 23.7 Å². The molecule has 2 rings (SSSR count). The molecular weight excluding hydrogens is 1050 g/mol. The molecule has 0 radical (unpaired) electrons. The van der Waals surface area contributed by atoms with Crippen molar-refractivity contribution in [3.63, 3.8) is 0 Å². The maximum atomic E-state index is 13.3. The summed E-state index contributed by atoms with van der Waals surface area (Å²) in [5.74, 6) is -0.217. The number of hydrogen-bond acceptors (Lipinski definition) is 13. The minimum atomic E-state index is -1.79. The first kappa shape index (κ1) is 76.8. The molecule has 14 heteroatoms. The van der Waals surface area contributed by atoms with E-state index in [4.69, 9.17) is 18.9 Å². The van der Waals surface area contributed by atoms with E-state index in [1.54, 1.807) is 0 Å². The van der Waals surface area contributed by atoms with Gasteiger partial charge in [-0.3, -0.25) is 4.79 Å². The first-order chi connectivity index (χ1) is 40.6. The van der Waals surface area contributed by atoms with Crippen LogP contribution in [0.2, 0.25) is 0 Å². The average Bonchev–Trinajstić information content (AvgIpc) is 3.64. The molecule has 2 fully saturated rings. The number of unbranched alkanes of at least 4 members (excludes halogenated alkanes) is 32. The number of carbonyl (C=O) groups excluding carboxylic acids is 1. The number of hydrogen-bond donors (Lipinski definition) is 9. The number of amides is 1. The molecule has 0 aliphatic carbocycles. The van der Waals surface area contributed by atoms with Gasteiger partial charge >= 0.3 is 0 Å². The summed E-state index contributed by atoms with van der Waals surface area (Å²) in [6.45, 7) is 2.77. The van der Waals surface area contributed by atoms with Gasteiger partial charge in [0.25, 0.3) is 0 Å². The average molecular weight is 1180 g/mol. The van der Waals surface area contributed by atoms with Crippen molar-refractivity contribution in [2.24, 2.45) is 0 Å². The standard InChI is InChI=1S/C69H125NO13/c1-3-5-7-9-11-13-15-17-19-21-23-25-27-28-29-31-32-34-36-38-40-42-44-46-48-50-52-58(73)57(56-80-68-66(79)64(77)67(60(55-72)82-68)83-69-65(78)63(76)62(75)59(54-71)81-69)70-61(74)53-51-49-47-45-43-41-39-37-35-33-30-26-24-22-20-18-16-14-12-10-8-6-4-2/h6,8,12,14,18,20,24,26,33,35,57-60,62-69,71-73,75-79H,3-5,7,9-11,13,15-17,19,21-23,25,27-32,34,36-56H2,1-2H3,(H,70,74)/b8-6-,14-12-,20-18-,26-24-,35-33-. The van der Waals surface area contributed by atoms with E-state index >= 15 is 0 Å². The van der Waals surface area contributed by atoms with Gasteiger partial charge in [0.15, 0.2) is 12.6 Å². The number of aliphatic hydroxyl groups excluding tert-OH is 8. The summed E-state index contributed by atoms with van der Waals surface area (Å²) < 4.78 is 22.9. The second-order valence-electron chi connectivity index (χ2n) is 23.9. The molecule has 12 unspecified atom stereocenters. The first-order valence-corrected chi connectivity index (χ1v) is 34.0. The van der Waals surface area contributed by atoms with Gasteiger partial charge in [-0.05, 0) is 57.8 Å². The fourth-order valence-corrected chi connectivity index (χ4v) is 11.1. The number of aliphatic hydroxyl groups is 8. The Labute approximate surface area is 505 Å². The third kappa shape index (κ3) is 38.6. The lowest BCUT2D eigenvalue weighted by Crippen LogP contribution is -2.65. The molecule has 9 N–H and O–H groups in total. The SMILES string of the molecule is CC/C=C\C/C=C\C/C=C\C/C=C\C/C=C\CCCCCCCCCC(=O)NC(COC1OC(CO)C(OC2OC(CO)C(O)C(O)C2O)C(O)C1O)C(O)CCCCCCCCCCCCCCCCCCCCCCCCCCCC. The maximum Gasteiger partial charge on any atom is 0.220 e. The molecule has 0 spiro atoms. The van der Waals surface area contributed by atoms with Gasteiger partial charge in [0, 0.05) is 6.42 Å². The monoisotopic (exact) mass is 1180 g/mol. The number of carbonyl (C=O) groups is 1. The molecule has 2 aliphatic heterocycles. The third-order valence-electron chi connectivity index (χ3n) is 16.5. The molecule has 484 valence electrons. The Morgan fingerprint density at radius 3 is 1.28 bits per heavy atom. The van der Waals surface area contributed by atoms with E-state index in [1.165, 1.54) is 148 Å². The van der Waals surface area contributed by atoms with Crippen LogP contribution in [0.4, 0.5) is 0 Å². The lowest BCUT2D eigenvalue weighted by atomic mass is 9.97. The summed E-state index contributed by atoms with van der Waals surface area (Å²) in [5.41, 5.74) is 0. The van der Waals surface area contributed by atoms with E-state index in [2.05, 4.69) is 79.9 Å². The van der Waals surface area contributed by atoms with Crippen molar-refractivity contribution in [2.75, 3.05) is 19.8 Å². The van der Waals surface area contributed by atoms with Crippen LogP contribution in [0, 0.1) is 0 Å². The molecule has 83 heavy (non-hydrogen) atoms. The van der Waals surface area contributed by atoms with Crippen LogP contribution < -0.4 is 5.32 Å². The highest BCUT2D eigenvalue weighted by Gasteiger charge is 2.51. The number of allylic oxidation sites excluding steroid dienone is 10. The number of rotatable bonds is 55. The fraction of sp³-hybridized carbons (Fsp3) is 0.841. The quantitative estimate of drug-likeness (QED) is 0.0204. The van der Waals surface area contributed by atoms with E-state index in [1.807, 2.05) is 0 Å². The van der Waals surface area contributed by atoms with Crippen LogP contribution >= 0.6 is 0 Å². The van der Waals surface area contributed by atoms with Crippen LogP contribution in [0.3, 0.4) is 0 Å². The van der Waals surface area contributed by atoms with Crippen molar-refractivity contribution in [1.82, 2.24) is 5.32 Å². The van der Waals surface area contributed by atoms with E-state index in [0.29, 0.717) is 12.8 Å². The fourth-order valence-electron chi connectivity index (χ4n) is 11.1. The molecule has 0 saturated carbocycles. The van der Waals surface area contributed by atoms with Gasteiger partial charge in [0.1, 0.15) is 48.8 Å². The van der Waals surface area contributed by atoms with Crippen molar-refractivity contribution in [3.8, 4) is 0 Å². The zero-order chi connectivity index (χ0) is 60.2. The Bertz CT molecular complexity index is 1620. The first-order valence-electron chi connectivity index (χ1n) is 34.0. The van der Waals surface area contributed by atoms with Crippen molar-refractivity contribution in [1.29, 1.82) is 0 Å². The minimum absolute atomic E-state index is 0.217. The molecule has 0 aromatic carbocycles. The minimum Gasteiger partial charge on any atom is -0.394 e. The van der Waals surface area contributed by atoms with Crippen molar-refractivity contribution in [2.45, 2.75) is 351 Å². The highest BCUT2D eigenvalue weighted by molar-refractivity contribution is 5.76. The molecule has 14 nitrogen and oxygen atoms in total. The summed E-state index contributed by atoms with van der Waals surface area (Å²) in [4.78, 5) is 13.3. The molecule has 0 aromatic rings. The van der Waals surface area contributed by atoms with Gasteiger partial charge < -0.3 is 65.1 Å². The number of nitrogens with one attached hydrogen (secondary N) is 1. The van der Waals surface area contributed by atoms with Crippen molar-refractivity contribution >= 4 is 5.91 Å². The largest absolute Gasteiger partial charge is 0.394 e. The Kier molecular flexibility index (Phi) is 49.9. The summed E-state index contributed by atoms with van der Waals surface area (Å²) in [6.07, 6.45) is 53.7. The topological polar surface area (TPSA) is 228 Å². The van der Waals surface area contributed by atoms with Crippen LogP contribution in [-0.4, -0.2) is 140 Å². The van der Waals surface area contributed by atoms with E-state index in [0.717, 1.165) is 96.3 Å². The van der Waals surface area contributed by atoms with Crippen LogP contribution in [0.25, 0.3) is 0 Å². The third-order valence-corrected chi connectivity index (χ3v) is 16.5. The van der Waals surface area contributed by atoms with Crippen LogP contribution in [0.1, 0.15) is 277 Å². The summed E-state index contributed by atoms with van der Waals surface area (Å²) in [5, 5.41) is 87.6. The maximum absolute atomic E-state index is 13.3. The predicted molar refractivity (Wildman–Crippen MR) is 337 cm³/mol. The van der Waals surface area contributed by atoms with Crippen molar-refractivity contribution in [3.05, 3.63) is 60.8 Å². The van der Waals surface area contributed by atoms with Crippen LogP contribution in [0.5, 0.6) is 0 Å². The van der Waals surface area contributed by atoms with Gasteiger partial charge in [0.2, 0.25) is 5.91 Å². The molecule has 0 bridgehead atoms.